The minimum atomic E-state index is 0.0690. The predicted molar refractivity (Wildman–Crippen MR) is 77.3 cm³/mol. The van der Waals surface area contributed by atoms with E-state index in [1.165, 1.54) is 0 Å². The highest BCUT2D eigenvalue weighted by Crippen LogP contribution is 2.23. The summed E-state index contributed by atoms with van der Waals surface area (Å²) in [5.41, 5.74) is 2.83. The standard InChI is InChI=1S/C17H18O2/c1-3-12(2)17(19)15-6-4-13(5-7-15)14-8-10-16(18)11-9-14/h4-12,18H,3H2,1-2H3. The van der Waals surface area contributed by atoms with Gasteiger partial charge in [-0.15, -0.1) is 0 Å². The molecule has 0 aliphatic rings. The number of phenolic OH excluding ortho intramolecular Hbond substituents is 1. The van der Waals surface area contributed by atoms with Crippen LogP contribution in [0.25, 0.3) is 11.1 Å². The number of Topliss-reactive ketones (excluding diaryl/α,β-unsaturated/α-hetero) is 1. The zero-order valence-corrected chi connectivity index (χ0v) is 11.3. The molecule has 2 aromatic carbocycles. The van der Waals surface area contributed by atoms with Crippen LogP contribution in [0, 0.1) is 5.92 Å². The van der Waals surface area contributed by atoms with Crippen molar-refractivity contribution in [3.8, 4) is 16.9 Å². The van der Waals surface area contributed by atoms with E-state index in [-0.39, 0.29) is 17.5 Å². The molecule has 1 atom stereocenters. The van der Waals surface area contributed by atoms with Gasteiger partial charge in [-0.25, -0.2) is 0 Å². The molecule has 0 fully saturated rings. The van der Waals surface area contributed by atoms with Crippen LogP contribution >= 0.6 is 0 Å². The quantitative estimate of drug-likeness (QED) is 0.826. The Labute approximate surface area is 113 Å². The molecule has 0 saturated heterocycles. The van der Waals surface area contributed by atoms with Crippen molar-refractivity contribution < 1.29 is 9.90 Å². The zero-order chi connectivity index (χ0) is 13.8. The Kier molecular flexibility index (Phi) is 4.00. The van der Waals surface area contributed by atoms with Gasteiger partial charge in [0, 0.05) is 11.5 Å². The molecule has 19 heavy (non-hydrogen) atoms. The lowest BCUT2D eigenvalue weighted by Crippen LogP contribution is -2.09. The number of carbonyl (C=O) groups excluding carboxylic acids is 1. The van der Waals surface area contributed by atoms with Gasteiger partial charge in [0.15, 0.2) is 5.78 Å². The van der Waals surface area contributed by atoms with Gasteiger partial charge in [-0.3, -0.25) is 4.79 Å². The Morgan fingerprint density at radius 3 is 1.95 bits per heavy atom. The number of rotatable bonds is 4. The van der Waals surface area contributed by atoms with E-state index in [0.29, 0.717) is 0 Å². The molecule has 0 heterocycles. The molecular weight excluding hydrogens is 236 g/mol. The fourth-order valence-corrected chi connectivity index (χ4v) is 1.95. The van der Waals surface area contributed by atoms with Gasteiger partial charge in [-0.1, -0.05) is 50.2 Å². The Hall–Kier alpha value is -2.09. The van der Waals surface area contributed by atoms with Crippen LogP contribution in [-0.2, 0) is 0 Å². The fraction of sp³-hybridized carbons (Fsp3) is 0.235. The third-order valence-corrected chi connectivity index (χ3v) is 3.43. The maximum atomic E-state index is 12.0. The molecule has 2 heteroatoms. The number of phenols is 1. The van der Waals surface area contributed by atoms with Crippen molar-refractivity contribution in [1.82, 2.24) is 0 Å². The summed E-state index contributed by atoms with van der Waals surface area (Å²) in [7, 11) is 0. The topological polar surface area (TPSA) is 37.3 Å². The van der Waals surface area contributed by atoms with Gasteiger partial charge in [-0.2, -0.15) is 0 Å². The molecule has 2 rings (SSSR count). The highest BCUT2D eigenvalue weighted by Gasteiger charge is 2.12. The lowest BCUT2D eigenvalue weighted by Gasteiger charge is -2.08. The SMILES string of the molecule is CCC(C)C(=O)c1ccc(-c2ccc(O)cc2)cc1. The largest absolute Gasteiger partial charge is 0.508 e. The molecule has 0 aliphatic heterocycles. The number of hydrogen-bond acceptors (Lipinski definition) is 2. The van der Waals surface area contributed by atoms with Crippen LogP contribution in [0.2, 0.25) is 0 Å². The summed E-state index contributed by atoms with van der Waals surface area (Å²) in [5.74, 6) is 0.520. The van der Waals surface area contributed by atoms with Crippen LogP contribution in [0.4, 0.5) is 0 Å². The summed E-state index contributed by atoms with van der Waals surface area (Å²) in [5, 5.41) is 9.26. The maximum Gasteiger partial charge on any atom is 0.165 e. The van der Waals surface area contributed by atoms with E-state index in [1.807, 2.05) is 50.2 Å². The molecule has 0 aromatic heterocycles. The highest BCUT2D eigenvalue weighted by atomic mass is 16.3. The third kappa shape index (κ3) is 3.02. The molecule has 0 radical (unpaired) electrons. The van der Waals surface area contributed by atoms with Crippen LogP contribution in [0.1, 0.15) is 30.6 Å². The number of benzene rings is 2. The molecule has 0 spiro atoms. The van der Waals surface area contributed by atoms with E-state index in [4.69, 9.17) is 0 Å². The number of ketones is 1. The Morgan fingerprint density at radius 2 is 1.47 bits per heavy atom. The summed E-state index contributed by atoms with van der Waals surface area (Å²) in [6.07, 6.45) is 0.860. The predicted octanol–water partition coefficient (Wildman–Crippen LogP) is 4.29. The van der Waals surface area contributed by atoms with Gasteiger partial charge in [0.1, 0.15) is 5.75 Å². The van der Waals surface area contributed by atoms with Crippen LogP contribution in [-0.4, -0.2) is 10.9 Å². The van der Waals surface area contributed by atoms with Crippen molar-refractivity contribution in [1.29, 1.82) is 0 Å². The van der Waals surface area contributed by atoms with Crippen molar-refractivity contribution in [2.24, 2.45) is 5.92 Å². The molecule has 2 nitrogen and oxygen atoms in total. The minimum absolute atomic E-state index is 0.0690. The van der Waals surface area contributed by atoms with Gasteiger partial charge in [0.05, 0.1) is 0 Å². The van der Waals surface area contributed by atoms with Crippen molar-refractivity contribution in [3.05, 3.63) is 54.1 Å². The number of hydrogen-bond donors (Lipinski definition) is 1. The van der Waals surface area contributed by atoms with Crippen molar-refractivity contribution in [3.63, 3.8) is 0 Å². The normalized spacial score (nSPS) is 12.1. The fourth-order valence-electron chi connectivity index (χ4n) is 1.95. The monoisotopic (exact) mass is 254 g/mol. The smallest absolute Gasteiger partial charge is 0.165 e. The molecule has 0 bridgehead atoms. The summed E-state index contributed by atoms with van der Waals surface area (Å²) in [6.45, 7) is 3.98. The van der Waals surface area contributed by atoms with Gasteiger partial charge >= 0.3 is 0 Å². The van der Waals surface area contributed by atoms with Crippen LogP contribution in [0.3, 0.4) is 0 Å². The van der Waals surface area contributed by atoms with E-state index >= 15 is 0 Å². The number of carbonyl (C=O) groups is 1. The Balaban J connectivity index is 2.23. The summed E-state index contributed by atoms with van der Waals surface area (Å²) in [4.78, 5) is 12.0. The molecule has 0 aliphatic carbocycles. The summed E-state index contributed by atoms with van der Waals surface area (Å²) in [6, 6.07) is 14.7. The van der Waals surface area contributed by atoms with Gasteiger partial charge in [0.25, 0.3) is 0 Å². The summed E-state index contributed by atoms with van der Waals surface area (Å²) < 4.78 is 0. The second-order valence-corrected chi connectivity index (χ2v) is 4.80. The lowest BCUT2D eigenvalue weighted by molar-refractivity contribution is 0.0927. The van der Waals surface area contributed by atoms with E-state index in [9.17, 15) is 9.90 Å². The number of aromatic hydroxyl groups is 1. The van der Waals surface area contributed by atoms with Crippen molar-refractivity contribution in [2.45, 2.75) is 20.3 Å². The molecule has 0 saturated carbocycles. The zero-order valence-electron chi connectivity index (χ0n) is 11.3. The minimum Gasteiger partial charge on any atom is -0.508 e. The van der Waals surface area contributed by atoms with E-state index in [0.717, 1.165) is 23.1 Å². The molecule has 98 valence electrons. The average Bonchev–Trinajstić information content (AvgIpc) is 2.46. The van der Waals surface area contributed by atoms with Crippen LogP contribution in [0.15, 0.2) is 48.5 Å². The maximum absolute atomic E-state index is 12.0. The van der Waals surface area contributed by atoms with E-state index in [2.05, 4.69) is 0 Å². The van der Waals surface area contributed by atoms with Crippen molar-refractivity contribution in [2.75, 3.05) is 0 Å². The van der Waals surface area contributed by atoms with Gasteiger partial charge in [0.2, 0.25) is 0 Å². The van der Waals surface area contributed by atoms with Crippen molar-refractivity contribution >= 4 is 5.78 Å². The molecule has 2 aromatic rings. The molecule has 1 N–H and O–H groups in total. The lowest BCUT2D eigenvalue weighted by atomic mass is 9.95. The first-order valence-electron chi connectivity index (χ1n) is 6.55. The first-order chi connectivity index (χ1) is 9.11. The van der Waals surface area contributed by atoms with Gasteiger partial charge in [-0.05, 0) is 29.7 Å². The van der Waals surface area contributed by atoms with Gasteiger partial charge < -0.3 is 5.11 Å². The van der Waals surface area contributed by atoms with Crippen LogP contribution in [0.5, 0.6) is 5.75 Å². The first-order valence-corrected chi connectivity index (χ1v) is 6.55. The molecule has 1 unspecified atom stereocenters. The molecular formula is C17H18O2. The second-order valence-electron chi connectivity index (χ2n) is 4.80. The van der Waals surface area contributed by atoms with Crippen LogP contribution < -0.4 is 0 Å². The second kappa shape index (κ2) is 5.70. The summed E-state index contributed by atoms with van der Waals surface area (Å²) >= 11 is 0. The highest BCUT2D eigenvalue weighted by molar-refractivity contribution is 5.98. The Morgan fingerprint density at radius 1 is 1.00 bits per heavy atom. The third-order valence-electron chi connectivity index (χ3n) is 3.43. The van der Waals surface area contributed by atoms with E-state index < -0.39 is 0 Å². The average molecular weight is 254 g/mol. The Bertz CT molecular complexity index is 553. The van der Waals surface area contributed by atoms with E-state index in [1.54, 1.807) is 12.1 Å². The molecule has 0 amide bonds. The first kappa shape index (κ1) is 13.3.